The lowest BCUT2D eigenvalue weighted by Crippen LogP contribution is -2.10. The Labute approximate surface area is 400 Å². The Hall–Kier alpha value is -7.94. The van der Waals surface area contributed by atoms with Crippen LogP contribution < -0.4 is 4.90 Å². The Morgan fingerprint density at radius 1 is 0.412 bits per heavy atom. The molecule has 0 bridgehead atoms. The predicted octanol–water partition coefficient (Wildman–Crippen LogP) is 18.2. The zero-order valence-electron chi connectivity index (χ0n) is 38.8. The highest BCUT2D eigenvalue weighted by atomic mass is 15.1. The standard InChI is InChI=1S/C66H54N2/c1-3-46(55-24-22-51-23-25-56(51)41-55)40-45(2)47-18-20-52(21-19-47)57-31-38-65-63(43-57)64-44-58(32-39-66(64)68(65)59-16-8-5-9-17-59)53-28-35-61(36-29-53)67(62-37-30-49-14-10-11-15-54(49)42-62)60-33-26-50(27-34-60)48-12-6-4-7-13-48/h4-22,24,26-39,41-46H,3,23,25,40H2,1-2H3. The minimum Gasteiger partial charge on any atom is -0.310 e. The number of aryl methyl sites for hydroxylation is 2. The van der Waals surface area contributed by atoms with Crippen LogP contribution in [0.2, 0.25) is 0 Å². The number of hydrogen-bond acceptors (Lipinski definition) is 1. The summed E-state index contributed by atoms with van der Waals surface area (Å²) in [6.45, 7) is 4.75. The summed E-state index contributed by atoms with van der Waals surface area (Å²) in [6, 6.07) is 85.4. The summed E-state index contributed by atoms with van der Waals surface area (Å²) in [5, 5.41) is 4.95. The van der Waals surface area contributed by atoms with Crippen molar-refractivity contribution >= 4 is 49.6 Å². The van der Waals surface area contributed by atoms with Crippen LogP contribution in [0.1, 0.15) is 60.8 Å². The van der Waals surface area contributed by atoms with Gasteiger partial charge in [-0.05, 0) is 177 Å². The molecule has 0 fully saturated rings. The smallest absolute Gasteiger partial charge is 0.0541 e. The van der Waals surface area contributed by atoms with Gasteiger partial charge < -0.3 is 9.47 Å². The molecule has 2 atom stereocenters. The molecule has 0 saturated carbocycles. The van der Waals surface area contributed by atoms with Crippen LogP contribution >= 0.6 is 0 Å². The van der Waals surface area contributed by atoms with Crippen LogP contribution in [0.25, 0.3) is 71.6 Å². The van der Waals surface area contributed by atoms with Crippen LogP contribution in [0.4, 0.5) is 17.1 Å². The van der Waals surface area contributed by atoms with Crippen LogP contribution in [0.5, 0.6) is 0 Å². The van der Waals surface area contributed by atoms with Crippen LogP contribution in [0.3, 0.4) is 0 Å². The van der Waals surface area contributed by atoms with E-state index in [0.29, 0.717) is 11.8 Å². The molecule has 11 aromatic rings. The topological polar surface area (TPSA) is 8.17 Å². The molecule has 2 nitrogen and oxygen atoms in total. The van der Waals surface area contributed by atoms with Crippen molar-refractivity contribution in [2.24, 2.45) is 0 Å². The van der Waals surface area contributed by atoms with Gasteiger partial charge in [-0.2, -0.15) is 0 Å². The summed E-state index contributed by atoms with van der Waals surface area (Å²) in [6.07, 6.45) is 4.81. The maximum atomic E-state index is 2.49. The lowest BCUT2D eigenvalue weighted by Gasteiger charge is -2.26. The third-order valence-electron chi connectivity index (χ3n) is 14.8. The maximum absolute atomic E-state index is 2.49. The van der Waals surface area contributed by atoms with Gasteiger partial charge in [0.05, 0.1) is 11.0 Å². The quantitative estimate of drug-likeness (QED) is 0.119. The molecular weight excluding hydrogens is 821 g/mol. The number of hydrogen-bond donors (Lipinski definition) is 0. The van der Waals surface area contributed by atoms with E-state index >= 15 is 0 Å². The summed E-state index contributed by atoms with van der Waals surface area (Å²) in [5.41, 5.74) is 20.2. The molecule has 1 aliphatic carbocycles. The van der Waals surface area contributed by atoms with E-state index in [0.717, 1.165) is 29.2 Å². The van der Waals surface area contributed by atoms with E-state index in [4.69, 9.17) is 0 Å². The normalized spacial score (nSPS) is 13.0. The Kier molecular flexibility index (Phi) is 10.8. The lowest BCUT2D eigenvalue weighted by molar-refractivity contribution is 0.543. The SMILES string of the molecule is CCC(CC(C)c1ccc(-c2ccc3c(c2)c2cc(-c4ccc(N(c5ccc(-c6ccccc6)cc5)c5ccc6ccccc6c5)cc4)ccc2n3-c2ccccc2)cc1)c1ccc2c(c1)CC2. The van der Waals surface area contributed by atoms with Crippen molar-refractivity contribution in [1.29, 1.82) is 0 Å². The molecule has 0 radical (unpaired) electrons. The summed E-state index contributed by atoms with van der Waals surface area (Å²) in [5.74, 6) is 1.06. The van der Waals surface area contributed by atoms with Gasteiger partial charge in [0.15, 0.2) is 0 Å². The number of rotatable bonds is 12. The largest absolute Gasteiger partial charge is 0.310 e. The molecule has 0 saturated heterocycles. The van der Waals surface area contributed by atoms with E-state index < -0.39 is 0 Å². The van der Waals surface area contributed by atoms with Gasteiger partial charge in [0.2, 0.25) is 0 Å². The zero-order valence-corrected chi connectivity index (χ0v) is 38.8. The molecule has 1 aliphatic rings. The molecule has 0 spiro atoms. The van der Waals surface area contributed by atoms with Crippen molar-refractivity contribution in [3.05, 3.63) is 253 Å². The summed E-state index contributed by atoms with van der Waals surface area (Å²) in [7, 11) is 0. The second kappa shape index (κ2) is 17.7. The number of fused-ring (bicyclic) bond motifs is 5. The van der Waals surface area contributed by atoms with E-state index in [1.807, 2.05) is 0 Å². The van der Waals surface area contributed by atoms with Crippen molar-refractivity contribution in [1.82, 2.24) is 4.57 Å². The number of para-hydroxylation sites is 1. The van der Waals surface area contributed by atoms with E-state index in [1.165, 1.54) is 96.3 Å². The lowest BCUT2D eigenvalue weighted by atomic mass is 9.80. The molecule has 0 N–H and O–H groups in total. The molecule has 12 rings (SSSR count). The highest BCUT2D eigenvalue weighted by Crippen LogP contribution is 2.41. The van der Waals surface area contributed by atoms with Crippen LogP contribution in [-0.2, 0) is 12.8 Å². The Morgan fingerprint density at radius 3 is 1.50 bits per heavy atom. The predicted molar refractivity (Wildman–Crippen MR) is 289 cm³/mol. The van der Waals surface area contributed by atoms with Crippen molar-refractivity contribution in [3.63, 3.8) is 0 Å². The monoisotopic (exact) mass is 874 g/mol. The van der Waals surface area contributed by atoms with Gasteiger partial charge in [-0.1, -0.05) is 172 Å². The average molecular weight is 875 g/mol. The zero-order chi connectivity index (χ0) is 45.6. The molecule has 10 aromatic carbocycles. The summed E-state index contributed by atoms with van der Waals surface area (Å²) >= 11 is 0. The minimum atomic E-state index is 0.479. The number of aromatic nitrogens is 1. The van der Waals surface area contributed by atoms with Crippen molar-refractivity contribution < 1.29 is 0 Å². The Bertz CT molecular complexity index is 3570. The van der Waals surface area contributed by atoms with Gasteiger partial charge in [-0.3, -0.25) is 0 Å². The Balaban J connectivity index is 0.881. The molecule has 68 heavy (non-hydrogen) atoms. The van der Waals surface area contributed by atoms with E-state index in [2.05, 4.69) is 254 Å². The molecule has 2 unspecified atom stereocenters. The fourth-order valence-electron chi connectivity index (χ4n) is 10.8. The fraction of sp³-hybridized carbons (Fsp3) is 0.121. The highest BCUT2D eigenvalue weighted by Gasteiger charge is 2.21. The number of nitrogens with zero attached hydrogens (tertiary/aromatic N) is 2. The minimum absolute atomic E-state index is 0.479. The summed E-state index contributed by atoms with van der Waals surface area (Å²) in [4.78, 5) is 2.37. The first-order valence-corrected chi connectivity index (χ1v) is 24.5. The molecule has 0 amide bonds. The molecular formula is C66H54N2. The van der Waals surface area contributed by atoms with Gasteiger partial charge in [-0.25, -0.2) is 0 Å². The first-order chi connectivity index (χ1) is 33.5. The first-order valence-electron chi connectivity index (χ1n) is 24.5. The number of benzene rings is 10. The number of anilines is 3. The Morgan fingerprint density at radius 2 is 0.912 bits per heavy atom. The second-order valence-corrected chi connectivity index (χ2v) is 18.9. The third kappa shape index (κ3) is 7.76. The highest BCUT2D eigenvalue weighted by molar-refractivity contribution is 6.11. The molecule has 0 aliphatic heterocycles. The van der Waals surface area contributed by atoms with Crippen molar-refractivity contribution in [2.75, 3.05) is 4.90 Å². The second-order valence-electron chi connectivity index (χ2n) is 18.9. The summed E-state index contributed by atoms with van der Waals surface area (Å²) < 4.78 is 2.42. The fourth-order valence-corrected chi connectivity index (χ4v) is 10.8. The van der Waals surface area contributed by atoms with Gasteiger partial charge in [0.25, 0.3) is 0 Å². The van der Waals surface area contributed by atoms with Crippen molar-refractivity contribution in [3.8, 4) is 39.1 Å². The molecule has 328 valence electrons. The molecule has 1 aromatic heterocycles. The van der Waals surface area contributed by atoms with Gasteiger partial charge >= 0.3 is 0 Å². The van der Waals surface area contributed by atoms with Crippen LogP contribution in [-0.4, -0.2) is 4.57 Å². The first kappa shape index (κ1) is 41.5. The van der Waals surface area contributed by atoms with Crippen LogP contribution in [0.15, 0.2) is 231 Å². The van der Waals surface area contributed by atoms with E-state index in [-0.39, 0.29) is 0 Å². The molecule has 1 heterocycles. The maximum Gasteiger partial charge on any atom is 0.0541 e. The average Bonchev–Trinajstić information content (AvgIpc) is 3.72. The molecule has 2 heteroatoms. The van der Waals surface area contributed by atoms with Gasteiger partial charge in [0.1, 0.15) is 0 Å². The van der Waals surface area contributed by atoms with Gasteiger partial charge in [0, 0.05) is 33.5 Å². The van der Waals surface area contributed by atoms with E-state index in [1.54, 1.807) is 11.1 Å². The van der Waals surface area contributed by atoms with Gasteiger partial charge in [-0.15, -0.1) is 0 Å². The van der Waals surface area contributed by atoms with Crippen LogP contribution in [0, 0.1) is 0 Å². The third-order valence-corrected chi connectivity index (χ3v) is 14.8. The van der Waals surface area contributed by atoms with E-state index in [9.17, 15) is 0 Å². The van der Waals surface area contributed by atoms with Crippen molar-refractivity contribution in [2.45, 2.75) is 51.4 Å².